The van der Waals surface area contributed by atoms with E-state index >= 15 is 0 Å². The molecule has 0 aliphatic rings. The van der Waals surface area contributed by atoms with Gasteiger partial charge in [-0.15, -0.1) is 0 Å². The fraction of sp³-hybridized carbons (Fsp3) is 0.182. The highest BCUT2D eigenvalue weighted by atomic mass is 32.1. The van der Waals surface area contributed by atoms with Gasteiger partial charge in [0.1, 0.15) is 0 Å². The van der Waals surface area contributed by atoms with Gasteiger partial charge < -0.3 is 4.74 Å². The van der Waals surface area contributed by atoms with Crippen molar-refractivity contribution in [1.29, 1.82) is 0 Å². The van der Waals surface area contributed by atoms with E-state index in [0.717, 1.165) is 5.56 Å². The lowest BCUT2D eigenvalue weighted by Crippen LogP contribution is -2.00. The first-order chi connectivity index (χ1) is 6.77. The monoisotopic (exact) mass is 208 g/mol. The first-order valence-corrected chi connectivity index (χ1v) is 4.87. The summed E-state index contributed by atoms with van der Waals surface area (Å²) in [6.45, 7) is 0. The molecule has 0 amide bonds. The number of benzene rings is 1. The molecule has 1 aromatic rings. The molecule has 0 aromatic heterocycles. The third kappa shape index (κ3) is 2.92. The summed E-state index contributed by atoms with van der Waals surface area (Å²) >= 11 is 4.06. The van der Waals surface area contributed by atoms with E-state index in [2.05, 4.69) is 17.4 Å². The molecule has 3 heteroatoms. The van der Waals surface area contributed by atoms with Crippen molar-refractivity contribution in [1.82, 2.24) is 0 Å². The van der Waals surface area contributed by atoms with Crippen LogP contribution in [0.5, 0.6) is 0 Å². The maximum atomic E-state index is 11.1. The smallest absolute Gasteiger partial charge is 0.337 e. The van der Waals surface area contributed by atoms with Crippen LogP contribution < -0.4 is 0 Å². The van der Waals surface area contributed by atoms with Crippen LogP contribution >= 0.6 is 12.6 Å². The van der Waals surface area contributed by atoms with E-state index in [1.807, 2.05) is 24.3 Å². The lowest BCUT2D eigenvalue weighted by molar-refractivity contribution is 0.0601. The van der Waals surface area contributed by atoms with Gasteiger partial charge in [-0.3, -0.25) is 0 Å². The van der Waals surface area contributed by atoms with Crippen LogP contribution in [-0.2, 0) is 4.74 Å². The molecular weight excluding hydrogens is 196 g/mol. The number of thiol groups is 1. The van der Waals surface area contributed by atoms with Crippen LogP contribution in [0.25, 0.3) is 6.08 Å². The molecule has 0 unspecified atom stereocenters. The number of carbonyl (C=O) groups is 1. The Hall–Kier alpha value is -1.22. The second-order valence-corrected chi connectivity index (χ2v) is 3.06. The SMILES string of the molecule is COC(=O)c1ccc(C=CCS)cc1. The van der Waals surface area contributed by atoms with Crippen LogP contribution in [0.1, 0.15) is 15.9 Å². The lowest BCUT2D eigenvalue weighted by atomic mass is 10.1. The quantitative estimate of drug-likeness (QED) is 0.610. The molecule has 0 aliphatic carbocycles. The summed E-state index contributed by atoms with van der Waals surface area (Å²) < 4.78 is 4.59. The molecular formula is C11H12O2S. The lowest BCUT2D eigenvalue weighted by Gasteiger charge is -1.98. The summed E-state index contributed by atoms with van der Waals surface area (Å²) in [7, 11) is 1.37. The highest BCUT2D eigenvalue weighted by molar-refractivity contribution is 7.80. The molecule has 0 aliphatic heterocycles. The zero-order valence-corrected chi connectivity index (χ0v) is 8.83. The zero-order valence-electron chi connectivity index (χ0n) is 7.93. The predicted molar refractivity (Wildman–Crippen MR) is 60.7 cm³/mol. The summed E-state index contributed by atoms with van der Waals surface area (Å²) in [5.41, 5.74) is 1.61. The average molecular weight is 208 g/mol. The van der Waals surface area contributed by atoms with Crippen molar-refractivity contribution in [2.75, 3.05) is 12.9 Å². The van der Waals surface area contributed by atoms with Gasteiger partial charge in [0, 0.05) is 5.75 Å². The van der Waals surface area contributed by atoms with Crippen molar-refractivity contribution >= 4 is 24.7 Å². The molecule has 0 radical (unpaired) electrons. The molecule has 0 atom stereocenters. The molecule has 0 saturated heterocycles. The van der Waals surface area contributed by atoms with Gasteiger partial charge in [-0.25, -0.2) is 4.79 Å². The van der Waals surface area contributed by atoms with E-state index in [0.29, 0.717) is 11.3 Å². The van der Waals surface area contributed by atoms with Gasteiger partial charge in [-0.2, -0.15) is 12.6 Å². The Morgan fingerprint density at radius 3 is 2.57 bits per heavy atom. The minimum atomic E-state index is -0.310. The Labute approximate surface area is 89.0 Å². The molecule has 74 valence electrons. The number of ether oxygens (including phenoxy) is 1. The van der Waals surface area contributed by atoms with Crippen molar-refractivity contribution in [3.8, 4) is 0 Å². The van der Waals surface area contributed by atoms with E-state index in [1.165, 1.54) is 7.11 Å². The van der Waals surface area contributed by atoms with Gasteiger partial charge in [0.05, 0.1) is 12.7 Å². The summed E-state index contributed by atoms with van der Waals surface area (Å²) in [5.74, 6) is 0.397. The number of carbonyl (C=O) groups excluding carboxylic acids is 1. The maximum absolute atomic E-state index is 11.1. The Morgan fingerprint density at radius 2 is 2.07 bits per heavy atom. The fourth-order valence-corrected chi connectivity index (χ4v) is 1.14. The second-order valence-electron chi connectivity index (χ2n) is 2.70. The van der Waals surface area contributed by atoms with Gasteiger partial charge in [0.2, 0.25) is 0 Å². The summed E-state index contributed by atoms with van der Waals surface area (Å²) in [6.07, 6.45) is 3.89. The standard InChI is InChI=1S/C11H12O2S/c1-13-11(12)10-6-4-9(5-7-10)3-2-8-14/h2-7,14H,8H2,1H3. The van der Waals surface area contributed by atoms with E-state index in [-0.39, 0.29) is 5.97 Å². The Bertz CT molecular complexity index is 328. The van der Waals surface area contributed by atoms with Crippen molar-refractivity contribution in [2.45, 2.75) is 0 Å². The van der Waals surface area contributed by atoms with E-state index < -0.39 is 0 Å². The molecule has 1 rings (SSSR count). The topological polar surface area (TPSA) is 26.3 Å². The summed E-state index contributed by atoms with van der Waals surface area (Å²) in [6, 6.07) is 7.21. The van der Waals surface area contributed by atoms with Gasteiger partial charge in [-0.05, 0) is 17.7 Å². The normalized spacial score (nSPS) is 10.4. The van der Waals surface area contributed by atoms with Gasteiger partial charge >= 0.3 is 5.97 Å². The highest BCUT2D eigenvalue weighted by Gasteiger charge is 2.02. The molecule has 0 fully saturated rings. The van der Waals surface area contributed by atoms with Crippen LogP contribution in [0.2, 0.25) is 0 Å². The summed E-state index contributed by atoms with van der Waals surface area (Å²) in [5, 5.41) is 0. The van der Waals surface area contributed by atoms with E-state index in [9.17, 15) is 4.79 Å². The molecule has 0 spiro atoms. The van der Waals surface area contributed by atoms with Crippen LogP contribution in [0.4, 0.5) is 0 Å². The second kappa shape index (κ2) is 5.50. The minimum Gasteiger partial charge on any atom is -0.465 e. The van der Waals surface area contributed by atoms with Crippen LogP contribution in [0.3, 0.4) is 0 Å². The van der Waals surface area contributed by atoms with Crippen LogP contribution in [0.15, 0.2) is 30.3 Å². The van der Waals surface area contributed by atoms with Gasteiger partial charge in [0.25, 0.3) is 0 Å². The average Bonchev–Trinajstić information content (AvgIpc) is 2.26. The van der Waals surface area contributed by atoms with Crippen molar-refractivity contribution in [3.63, 3.8) is 0 Å². The minimum absolute atomic E-state index is 0.310. The van der Waals surface area contributed by atoms with Gasteiger partial charge in [-0.1, -0.05) is 24.3 Å². The number of methoxy groups -OCH3 is 1. The molecule has 1 aromatic carbocycles. The highest BCUT2D eigenvalue weighted by Crippen LogP contribution is 2.07. The molecule has 0 saturated carbocycles. The van der Waals surface area contributed by atoms with Crippen molar-refractivity contribution < 1.29 is 9.53 Å². The zero-order chi connectivity index (χ0) is 10.4. The largest absolute Gasteiger partial charge is 0.465 e. The Kier molecular flexibility index (Phi) is 4.26. The Morgan fingerprint density at radius 1 is 1.43 bits per heavy atom. The number of hydrogen-bond acceptors (Lipinski definition) is 3. The van der Waals surface area contributed by atoms with Crippen LogP contribution in [0, 0.1) is 0 Å². The first kappa shape index (κ1) is 10.9. The molecule has 2 nitrogen and oxygen atoms in total. The molecule has 0 bridgehead atoms. The molecule has 14 heavy (non-hydrogen) atoms. The van der Waals surface area contributed by atoms with Crippen LogP contribution in [-0.4, -0.2) is 18.8 Å². The first-order valence-electron chi connectivity index (χ1n) is 4.23. The molecule has 0 N–H and O–H groups in total. The number of esters is 1. The molecule has 0 heterocycles. The third-order valence-corrected chi connectivity index (χ3v) is 1.96. The fourth-order valence-electron chi connectivity index (χ4n) is 1.04. The summed E-state index contributed by atoms with van der Waals surface area (Å²) in [4.78, 5) is 11.1. The third-order valence-electron chi connectivity index (χ3n) is 1.75. The predicted octanol–water partition coefficient (Wildman–Crippen LogP) is 2.42. The van der Waals surface area contributed by atoms with Crippen molar-refractivity contribution in [3.05, 3.63) is 41.5 Å². The Balaban J connectivity index is 2.78. The van der Waals surface area contributed by atoms with Gasteiger partial charge in [0.15, 0.2) is 0 Å². The van der Waals surface area contributed by atoms with Crippen molar-refractivity contribution in [2.24, 2.45) is 0 Å². The van der Waals surface area contributed by atoms with E-state index in [1.54, 1.807) is 12.1 Å². The number of hydrogen-bond donors (Lipinski definition) is 1. The van der Waals surface area contributed by atoms with E-state index in [4.69, 9.17) is 0 Å². The maximum Gasteiger partial charge on any atom is 0.337 e. The number of rotatable bonds is 3.